The minimum absolute atomic E-state index is 0.305. The Morgan fingerprint density at radius 1 is 1.27 bits per heavy atom. The molecule has 1 N–H and O–H groups in total. The third kappa shape index (κ3) is 5.38. The Morgan fingerprint density at radius 3 is 2.77 bits per heavy atom. The van der Waals surface area contributed by atoms with Crippen LogP contribution in [0.5, 0.6) is 0 Å². The Morgan fingerprint density at radius 2 is 2.04 bits per heavy atom. The SMILES string of the molecule is CS(=O)(=O)C[C@@H](O)c1cc2n(n1)CCN(CCOCc1ccccc1)C2. The minimum Gasteiger partial charge on any atom is -0.386 e. The van der Waals surface area contributed by atoms with Crippen LogP contribution in [0.3, 0.4) is 0 Å². The molecular formula is C18H25N3O4S. The standard InChI is InChI=1S/C18H25N3O4S/c1-26(23,24)14-18(22)17-11-16-12-20(7-8-21(16)19-17)9-10-25-13-15-5-3-2-4-6-15/h2-6,11,18,22H,7-10,12-14H2,1H3/t18-/m1/s1. The third-order valence-electron chi connectivity index (χ3n) is 4.36. The Bertz CT molecular complexity index is 820. The molecule has 26 heavy (non-hydrogen) atoms. The van der Waals surface area contributed by atoms with Crippen LogP contribution in [0.1, 0.15) is 23.1 Å². The van der Waals surface area contributed by atoms with Crippen molar-refractivity contribution in [1.29, 1.82) is 0 Å². The highest BCUT2D eigenvalue weighted by molar-refractivity contribution is 7.90. The van der Waals surface area contributed by atoms with Gasteiger partial charge in [0.1, 0.15) is 15.9 Å². The van der Waals surface area contributed by atoms with Crippen molar-refractivity contribution >= 4 is 9.84 Å². The second-order valence-corrected chi connectivity index (χ2v) is 8.89. The van der Waals surface area contributed by atoms with Gasteiger partial charge in [-0.3, -0.25) is 9.58 Å². The van der Waals surface area contributed by atoms with Gasteiger partial charge < -0.3 is 9.84 Å². The van der Waals surface area contributed by atoms with Crippen molar-refractivity contribution in [2.75, 3.05) is 31.7 Å². The van der Waals surface area contributed by atoms with Crippen molar-refractivity contribution in [2.45, 2.75) is 25.8 Å². The van der Waals surface area contributed by atoms with Gasteiger partial charge in [0.05, 0.1) is 36.9 Å². The summed E-state index contributed by atoms with van der Waals surface area (Å²) in [6, 6.07) is 11.9. The summed E-state index contributed by atoms with van der Waals surface area (Å²) in [4.78, 5) is 2.27. The lowest BCUT2D eigenvalue weighted by Gasteiger charge is -2.27. The van der Waals surface area contributed by atoms with Crippen molar-refractivity contribution in [3.8, 4) is 0 Å². The van der Waals surface area contributed by atoms with Gasteiger partial charge in [0, 0.05) is 25.9 Å². The molecule has 1 aliphatic rings. The van der Waals surface area contributed by atoms with E-state index in [-0.39, 0.29) is 5.75 Å². The summed E-state index contributed by atoms with van der Waals surface area (Å²) in [5.74, 6) is -0.305. The molecule has 1 aromatic heterocycles. The van der Waals surface area contributed by atoms with E-state index >= 15 is 0 Å². The van der Waals surface area contributed by atoms with Gasteiger partial charge in [-0.25, -0.2) is 8.42 Å². The summed E-state index contributed by atoms with van der Waals surface area (Å²) in [6.07, 6.45) is 0.0365. The van der Waals surface area contributed by atoms with Gasteiger partial charge in [0.15, 0.2) is 0 Å². The average molecular weight is 379 g/mol. The molecule has 7 nitrogen and oxygen atoms in total. The maximum Gasteiger partial charge on any atom is 0.150 e. The van der Waals surface area contributed by atoms with Gasteiger partial charge in [0.25, 0.3) is 0 Å². The van der Waals surface area contributed by atoms with Crippen molar-refractivity contribution in [1.82, 2.24) is 14.7 Å². The Balaban J connectivity index is 1.48. The van der Waals surface area contributed by atoms with E-state index in [0.717, 1.165) is 37.1 Å². The predicted molar refractivity (Wildman–Crippen MR) is 98.3 cm³/mol. The molecule has 0 fully saturated rings. The van der Waals surface area contributed by atoms with Crippen LogP contribution < -0.4 is 0 Å². The molecule has 142 valence electrons. The Kier molecular flexibility index (Phi) is 6.08. The van der Waals surface area contributed by atoms with Crippen LogP contribution in [0.2, 0.25) is 0 Å². The van der Waals surface area contributed by atoms with E-state index in [4.69, 9.17) is 4.74 Å². The molecule has 1 atom stereocenters. The summed E-state index contributed by atoms with van der Waals surface area (Å²) in [6.45, 7) is 4.36. The Hall–Kier alpha value is -1.74. The van der Waals surface area contributed by atoms with E-state index in [2.05, 4.69) is 10.00 Å². The fraction of sp³-hybridized carbons (Fsp3) is 0.500. The van der Waals surface area contributed by atoms with Crippen molar-refractivity contribution < 1.29 is 18.3 Å². The molecule has 2 heterocycles. The zero-order valence-electron chi connectivity index (χ0n) is 14.9. The van der Waals surface area contributed by atoms with Crippen LogP contribution in [-0.4, -0.2) is 59.9 Å². The van der Waals surface area contributed by atoms with E-state index in [0.29, 0.717) is 25.5 Å². The van der Waals surface area contributed by atoms with Crippen LogP contribution in [0, 0.1) is 0 Å². The summed E-state index contributed by atoms with van der Waals surface area (Å²) in [5.41, 5.74) is 2.57. The fourth-order valence-corrected chi connectivity index (χ4v) is 3.77. The van der Waals surface area contributed by atoms with E-state index in [1.165, 1.54) is 0 Å². The number of sulfone groups is 1. The summed E-state index contributed by atoms with van der Waals surface area (Å²) in [7, 11) is -3.25. The molecule has 1 aromatic carbocycles. The topological polar surface area (TPSA) is 84.7 Å². The molecule has 1 aliphatic heterocycles. The molecule has 0 amide bonds. The zero-order chi connectivity index (χ0) is 18.6. The van der Waals surface area contributed by atoms with Gasteiger partial charge in [-0.1, -0.05) is 30.3 Å². The predicted octanol–water partition coefficient (Wildman–Crippen LogP) is 0.993. The van der Waals surface area contributed by atoms with Crippen molar-refractivity contribution in [2.24, 2.45) is 0 Å². The number of rotatable bonds is 8. The summed E-state index contributed by atoms with van der Waals surface area (Å²) >= 11 is 0. The number of aliphatic hydroxyl groups excluding tert-OH is 1. The number of hydrogen-bond acceptors (Lipinski definition) is 6. The van der Waals surface area contributed by atoms with E-state index in [1.54, 1.807) is 6.07 Å². The third-order valence-corrected chi connectivity index (χ3v) is 5.28. The molecular weight excluding hydrogens is 354 g/mol. The number of hydrogen-bond donors (Lipinski definition) is 1. The van der Waals surface area contributed by atoms with Crippen LogP contribution in [0.25, 0.3) is 0 Å². The maximum atomic E-state index is 11.3. The number of aliphatic hydroxyl groups is 1. The van der Waals surface area contributed by atoms with Crippen LogP contribution in [0.4, 0.5) is 0 Å². The first-order valence-corrected chi connectivity index (χ1v) is 10.7. The van der Waals surface area contributed by atoms with Gasteiger partial charge in [0.2, 0.25) is 0 Å². The second-order valence-electron chi connectivity index (χ2n) is 6.71. The average Bonchev–Trinajstić information content (AvgIpc) is 3.02. The van der Waals surface area contributed by atoms with Gasteiger partial charge >= 0.3 is 0 Å². The first-order chi connectivity index (χ1) is 12.4. The van der Waals surface area contributed by atoms with Gasteiger partial charge in [-0.15, -0.1) is 0 Å². The van der Waals surface area contributed by atoms with E-state index < -0.39 is 15.9 Å². The fourth-order valence-electron chi connectivity index (χ4n) is 3.03. The second kappa shape index (κ2) is 8.30. The highest BCUT2D eigenvalue weighted by Gasteiger charge is 2.23. The molecule has 0 spiro atoms. The first-order valence-electron chi connectivity index (χ1n) is 8.67. The number of fused-ring (bicyclic) bond motifs is 1. The van der Waals surface area contributed by atoms with Gasteiger partial charge in [-0.05, 0) is 11.6 Å². The van der Waals surface area contributed by atoms with Crippen LogP contribution in [0.15, 0.2) is 36.4 Å². The van der Waals surface area contributed by atoms with Crippen molar-refractivity contribution in [3.05, 3.63) is 53.3 Å². The molecule has 0 saturated heterocycles. The molecule has 8 heteroatoms. The highest BCUT2D eigenvalue weighted by Crippen LogP contribution is 2.19. The lowest BCUT2D eigenvalue weighted by Crippen LogP contribution is -2.36. The molecule has 0 radical (unpaired) electrons. The summed E-state index contributed by atoms with van der Waals surface area (Å²) in [5, 5.41) is 14.4. The monoisotopic (exact) mass is 379 g/mol. The highest BCUT2D eigenvalue weighted by atomic mass is 32.2. The van der Waals surface area contributed by atoms with E-state index in [9.17, 15) is 13.5 Å². The molecule has 3 rings (SSSR count). The van der Waals surface area contributed by atoms with E-state index in [1.807, 2.05) is 35.0 Å². The molecule has 0 bridgehead atoms. The molecule has 0 saturated carbocycles. The number of nitrogens with zero attached hydrogens (tertiary/aromatic N) is 3. The minimum atomic E-state index is -3.25. The van der Waals surface area contributed by atoms with Crippen molar-refractivity contribution in [3.63, 3.8) is 0 Å². The zero-order valence-corrected chi connectivity index (χ0v) is 15.7. The largest absolute Gasteiger partial charge is 0.386 e. The first kappa shape index (κ1) is 19.0. The number of ether oxygens (including phenoxy) is 1. The maximum absolute atomic E-state index is 11.3. The lowest BCUT2D eigenvalue weighted by molar-refractivity contribution is 0.0828. The Labute approximate surface area is 154 Å². The van der Waals surface area contributed by atoms with Crippen LogP contribution in [-0.2, 0) is 34.3 Å². The number of aromatic nitrogens is 2. The smallest absolute Gasteiger partial charge is 0.150 e. The van der Waals surface area contributed by atoms with Crippen LogP contribution >= 0.6 is 0 Å². The lowest BCUT2D eigenvalue weighted by atomic mass is 10.2. The normalized spacial score (nSPS) is 16.4. The number of benzene rings is 1. The molecule has 2 aromatic rings. The molecule has 0 aliphatic carbocycles. The molecule has 0 unspecified atom stereocenters. The summed E-state index contributed by atoms with van der Waals surface area (Å²) < 4.78 is 30.3. The quantitative estimate of drug-likeness (QED) is 0.689. The van der Waals surface area contributed by atoms with Gasteiger partial charge in [-0.2, -0.15) is 5.10 Å².